The van der Waals surface area contributed by atoms with Crippen molar-refractivity contribution >= 4 is 5.65 Å². The second kappa shape index (κ2) is 5.87. The van der Waals surface area contributed by atoms with Crippen LogP contribution < -0.4 is 5.32 Å². The van der Waals surface area contributed by atoms with Crippen molar-refractivity contribution in [1.29, 1.82) is 0 Å². The lowest BCUT2D eigenvalue weighted by molar-refractivity contribution is 0.233. The van der Waals surface area contributed by atoms with Crippen molar-refractivity contribution in [2.24, 2.45) is 0 Å². The zero-order chi connectivity index (χ0) is 14.8. The summed E-state index contributed by atoms with van der Waals surface area (Å²) in [6.45, 7) is 5.38. The molecule has 1 saturated heterocycles. The Bertz CT molecular complexity index is 759. The molecule has 4 rings (SSSR count). The second-order valence-corrected chi connectivity index (χ2v) is 5.69. The first kappa shape index (κ1) is 13.4. The number of nitrogens with zero attached hydrogens (tertiary/aromatic N) is 4. The highest BCUT2D eigenvalue weighted by molar-refractivity contribution is 5.61. The van der Waals surface area contributed by atoms with Crippen LogP contribution in [-0.2, 0) is 6.54 Å². The van der Waals surface area contributed by atoms with Gasteiger partial charge in [0.15, 0.2) is 0 Å². The number of hydrogen-bond acceptors (Lipinski definition) is 4. The maximum absolute atomic E-state index is 4.73. The van der Waals surface area contributed by atoms with Crippen molar-refractivity contribution in [3.8, 4) is 11.3 Å². The van der Waals surface area contributed by atoms with Crippen LogP contribution in [0.1, 0.15) is 5.56 Å². The summed E-state index contributed by atoms with van der Waals surface area (Å²) in [7, 11) is 0. The summed E-state index contributed by atoms with van der Waals surface area (Å²) in [5, 5.41) is 3.39. The predicted octanol–water partition coefficient (Wildman–Crippen LogP) is 1.80. The lowest BCUT2D eigenvalue weighted by Crippen LogP contribution is -2.42. The molecule has 0 radical (unpaired) electrons. The Morgan fingerprint density at radius 2 is 2.09 bits per heavy atom. The molecule has 0 amide bonds. The highest BCUT2D eigenvalue weighted by Crippen LogP contribution is 2.19. The zero-order valence-corrected chi connectivity index (χ0v) is 12.4. The molecule has 112 valence electrons. The van der Waals surface area contributed by atoms with E-state index < -0.39 is 0 Å². The molecule has 1 fully saturated rings. The van der Waals surface area contributed by atoms with E-state index in [0.717, 1.165) is 49.6 Å². The molecule has 3 aromatic heterocycles. The fraction of sp³-hybridized carbons (Fsp3) is 0.294. The largest absolute Gasteiger partial charge is 0.314 e. The Kier molecular flexibility index (Phi) is 3.58. The van der Waals surface area contributed by atoms with E-state index >= 15 is 0 Å². The molecule has 0 atom stereocenters. The van der Waals surface area contributed by atoms with Crippen molar-refractivity contribution in [2.45, 2.75) is 6.54 Å². The molecule has 22 heavy (non-hydrogen) atoms. The number of nitrogens with one attached hydrogen (secondary N) is 1. The number of piperazine rings is 1. The topological polar surface area (TPSA) is 45.5 Å². The molecule has 1 aliphatic rings. The number of hydrogen-bond donors (Lipinski definition) is 1. The summed E-state index contributed by atoms with van der Waals surface area (Å²) in [5.41, 5.74) is 4.33. The first-order chi connectivity index (χ1) is 10.9. The van der Waals surface area contributed by atoms with Crippen molar-refractivity contribution in [3.05, 3.63) is 54.6 Å². The van der Waals surface area contributed by atoms with Gasteiger partial charge in [-0.05, 0) is 29.8 Å². The van der Waals surface area contributed by atoms with E-state index in [1.165, 1.54) is 5.56 Å². The van der Waals surface area contributed by atoms with Crippen LogP contribution in [0.2, 0.25) is 0 Å². The summed E-state index contributed by atoms with van der Waals surface area (Å²) in [6, 6.07) is 8.34. The van der Waals surface area contributed by atoms with E-state index in [1.54, 1.807) is 6.20 Å². The lowest BCUT2D eigenvalue weighted by atomic mass is 10.2. The highest BCUT2D eigenvalue weighted by Gasteiger charge is 2.11. The first-order valence-corrected chi connectivity index (χ1v) is 7.70. The average molecular weight is 293 g/mol. The fourth-order valence-electron chi connectivity index (χ4n) is 2.90. The maximum Gasteiger partial charge on any atom is 0.137 e. The molecular weight excluding hydrogens is 274 g/mol. The summed E-state index contributed by atoms with van der Waals surface area (Å²) in [4.78, 5) is 11.4. The SMILES string of the molecule is c1cncc(-c2cn3ccc(CN4CCNCC4)cc3n2)c1. The lowest BCUT2D eigenvalue weighted by Gasteiger charge is -2.27. The smallest absolute Gasteiger partial charge is 0.137 e. The van der Waals surface area contributed by atoms with Gasteiger partial charge >= 0.3 is 0 Å². The highest BCUT2D eigenvalue weighted by atomic mass is 15.2. The van der Waals surface area contributed by atoms with E-state index in [4.69, 9.17) is 4.98 Å². The van der Waals surface area contributed by atoms with Crippen LogP contribution >= 0.6 is 0 Å². The minimum Gasteiger partial charge on any atom is -0.314 e. The number of rotatable bonds is 3. The normalized spacial score (nSPS) is 16.2. The van der Waals surface area contributed by atoms with Gasteiger partial charge in [0.05, 0.1) is 5.69 Å². The average Bonchev–Trinajstić information content (AvgIpc) is 3.00. The van der Waals surface area contributed by atoms with Gasteiger partial charge < -0.3 is 9.72 Å². The van der Waals surface area contributed by atoms with Crippen LogP contribution in [0.25, 0.3) is 16.9 Å². The van der Waals surface area contributed by atoms with Crippen LogP contribution in [0.3, 0.4) is 0 Å². The minimum atomic E-state index is 0.965. The Labute approximate surface area is 129 Å². The van der Waals surface area contributed by atoms with E-state index in [1.807, 2.05) is 18.3 Å². The fourth-order valence-corrected chi connectivity index (χ4v) is 2.90. The van der Waals surface area contributed by atoms with Gasteiger partial charge in [-0.2, -0.15) is 0 Å². The summed E-state index contributed by atoms with van der Waals surface area (Å²) in [6.07, 6.45) is 7.79. The van der Waals surface area contributed by atoms with Gasteiger partial charge in [-0.3, -0.25) is 9.88 Å². The third-order valence-electron chi connectivity index (χ3n) is 4.10. The maximum atomic E-state index is 4.73. The van der Waals surface area contributed by atoms with Crippen LogP contribution in [-0.4, -0.2) is 45.4 Å². The Morgan fingerprint density at radius 3 is 2.91 bits per heavy atom. The first-order valence-electron chi connectivity index (χ1n) is 7.70. The third kappa shape index (κ3) is 2.73. The molecule has 5 nitrogen and oxygen atoms in total. The van der Waals surface area contributed by atoms with Crippen molar-refractivity contribution < 1.29 is 0 Å². The van der Waals surface area contributed by atoms with Gasteiger partial charge in [0, 0.05) is 63.1 Å². The van der Waals surface area contributed by atoms with Crippen LogP contribution in [0, 0.1) is 0 Å². The summed E-state index contributed by atoms with van der Waals surface area (Å²) >= 11 is 0. The van der Waals surface area contributed by atoms with Crippen LogP contribution in [0.15, 0.2) is 49.1 Å². The summed E-state index contributed by atoms with van der Waals surface area (Å²) in [5.74, 6) is 0. The molecule has 1 aliphatic heterocycles. The molecule has 3 aromatic rings. The van der Waals surface area contributed by atoms with E-state index in [2.05, 4.69) is 44.1 Å². The van der Waals surface area contributed by atoms with E-state index in [9.17, 15) is 0 Å². The molecule has 5 heteroatoms. The molecule has 0 unspecified atom stereocenters. The quantitative estimate of drug-likeness (QED) is 0.800. The zero-order valence-electron chi connectivity index (χ0n) is 12.4. The predicted molar refractivity (Wildman–Crippen MR) is 86.6 cm³/mol. The molecule has 1 N–H and O–H groups in total. The molecule has 4 heterocycles. The van der Waals surface area contributed by atoms with Gasteiger partial charge in [0.2, 0.25) is 0 Å². The van der Waals surface area contributed by atoms with Gasteiger partial charge in [-0.15, -0.1) is 0 Å². The third-order valence-corrected chi connectivity index (χ3v) is 4.10. The van der Waals surface area contributed by atoms with E-state index in [0.29, 0.717) is 0 Å². The Morgan fingerprint density at radius 1 is 1.18 bits per heavy atom. The molecule has 0 aromatic carbocycles. The molecular formula is C17H19N5. The van der Waals surface area contributed by atoms with Crippen LogP contribution in [0.5, 0.6) is 0 Å². The van der Waals surface area contributed by atoms with Gasteiger partial charge in [-0.25, -0.2) is 4.98 Å². The Balaban J connectivity index is 1.60. The van der Waals surface area contributed by atoms with Crippen molar-refractivity contribution in [2.75, 3.05) is 26.2 Å². The standard InChI is InChI=1S/C17H19N5/c1-2-15(11-19-4-1)16-13-22-7-3-14(10-17(22)20-16)12-21-8-5-18-6-9-21/h1-4,7,10-11,13,18H,5-6,8-9,12H2. The second-order valence-electron chi connectivity index (χ2n) is 5.69. The molecule has 0 saturated carbocycles. The van der Waals surface area contributed by atoms with Gasteiger partial charge in [-0.1, -0.05) is 0 Å². The van der Waals surface area contributed by atoms with Gasteiger partial charge in [0.25, 0.3) is 0 Å². The molecule has 0 bridgehead atoms. The molecule has 0 spiro atoms. The van der Waals surface area contributed by atoms with Gasteiger partial charge in [0.1, 0.15) is 5.65 Å². The van der Waals surface area contributed by atoms with Crippen molar-refractivity contribution in [1.82, 2.24) is 24.6 Å². The Hall–Kier alpha value is -2.24. The monoisotopic (exact) mass is 293 g/mol. The molecule has 0 aliphatic carbocycles. The van der Waals surface area contributed by atoms with E-state index in [-0.39, 0.29) is 0 Å². The summed E-state index contributed by atoms with van der Waals surface area (Å²) < 4.78 is 2.07. The number of pyridine rings is 2. The number of aromatic nitrogens is 3. The number of fused-ring (bicyclic) bond motifs is 1. The van der Waals surface area contributed by atoms with Crippen molar-refractivity contribution in [3.63, 3.8) is 0 Å². The van der Waals surface area contributed by atoms with Crippen LogP contribution in [0.4, 0.5) is 0 Å². The minimum absolute atomic E-state index is 0.965. The number of imidazole rings is 1.